The lowest BCUT2D eigenvalue weighted by molar-refractivity contribution is 0.0921. The normalized spacial score (nSPS) is 10.4. The molecule has 148 valence electrons. The van der Waals surface area contributed by atoms with Crippen LogP contribution in [0.25, 0.3) is 11.3 Å². The highest BCUT2D eigenvalue weighted by molar-refractivity contribution is 6.03. The summed E-state index contributed by atoms with van der Waals surface area (Å²) in [7, 11) is 0. The Labute approximate surface area is 164 Å². The molecule has 2 aromatic carbocycles. The summed E-state index contributed by atoms with van der Waals surface area (Å²) in [6.07, 6.45) is 0. The summed E-state index contributed by atoms with van der Waals surface area (Å²) in [6, 6.07) is 12.5. The van der Waals surface area contributed by atoms with Gasteiger partial charge in [0.1, 0.15) is 17.4 Å². The average Bonchev–Trinajstić information content (AvgIpc) is 3.10. The molecule has 1 heterocycles. The van der Waals surface area contributed by atoms with Crippen LogP contribution in [0, 0.1) is 5.82 Å². The van der Waals surface area contributed by atoms with Crippen molar-refractivity contribution in [3.05, 3.63) is 71.5 Å². The van der Waals surface area contributed by atoms with Gasteiger partial charge in [-0.15, -0.1) is 0 Å². The number of H-pyrrole nitrogens is 1. The lowest BCUT2D eigenvalue weighted by Gasteiger charge is -2.10. The van der Waals surface area contributed by atoms with Gasteiger partial charge in [0.2, 0.25) is 0 Å². The number of ketones is 1. The van der Waals surface area contributed by atoms with E-state index >= 15 is 0 Å². The van der Waals surface area contributed by atoms with Crippen LogP contribution >= 0.6 is 0 Å². The van der Waals surface area contributed by atoms with Gasteiger partial charge < -0.3 is 21.2 Å². The van der Waals surface area contributed by atoms with Gasteiger partial charge in [-0.2, -0.15) is 0 Å². The number of carbonyl (C=O) groups is 3. The van der Waals surface area contributed by atoms with Crippen LogP contribution < -0.4 is 21.5 Å². The first-order valence-electron chi connectivity index (χ1n) is 8.45. The largest absolute Gasteiger partial charge is 0.485 e. The minimum absolute atomic E-state index is 0.0380. The minimum atomic E-state index is -0.865. The fourth-order valence-corrected chi connectivity index (χ4v) is 2.69. The zero-order valence-electron chi connectivity index (χ0n) is 15.1. The third-order valence-corrected chi connectivity index (χ3v) is 4.03. The Morgan fingerprint density at radius 3 is 2.38 bits per heavy atom. The number of para-hydroxylation sites is 1. The van der Waals surface area contributed by atoms with Crippen LogP contribution in [0.5, 0.6) is 5.75 Å². The highest BCUT2D eigenvalue weighted by Crippen LogP contribution is 2.32. The molecule has 1 aromatic heterocycles. The van der Waals surface area contributed by atoms with Gasteiger partial charge >= 0.3 is 6.03 Å². The molecule has 0 aliphatic carbocycles. The molecule has 0 fully saturated rings. The van der Waals surface area contributed by atoms with Crippen molar-refractivity contribution < 1.29 is 23.5 Å². The third-order valence-electron chi connectivity index (χ3n) is 4.03. The van der Waals surface area contributed by atoms with Crippen molar-refractivity contribution >= 4 is 23.5 Å². The summed E-state index contributed by atoms with van der Waals surface area (Å²) >= 11 is 0. The number of urea groups is 1. The zero-order chi connectivity index (χ0) is 21.0. The highest BCUT2D eigenvalue weighted by Gasteiger charge is 2.18. The number of aromatic amines is 1. The smallest absolute Gasteiger partial charge is 0.317 e. The highest BCUT2D eigenvalue weighted by atomic mass is 19.1. The molecule has 0 unspecified atom stereocenters. The van der Waals surface area contributed by atoms with Crippen LogP contribution in [-0.2, 0) is 0 Å². The van der Waals surface area contributed by atoms with Crippen LogP contribution in [0.4, 0.5) is 15.0 Å². The van der Waals surface area contributed by atoms with Gasteiger partial charge in [0.15, 0.2) is 12.4 Å². The number of hydrogen-bond donors (Lipinski definition) is 4. The summed E-state index contributed by atoms with van der Waals surface area (Å²) in [5.74, 6) is -1.13. The number of nitrogens with one attached hydrogen (secondary N) is 2. The number of aromatic nitrogens is 1. The van der Waals surface area contributed by atoms with Crippen LogP contribution in [0.1, 0.15) is 20.7 Å². The summed E-state index contributed by atoms with van der Waals surface area (Å²) in [6.45, 7) is -0.279. The van der Waals surface area contributed by atoms with Crippen molar-refractivity contribution in [3.8, 4) is 17.0 Å². The van der Waals surface area contributed by atoms with Crippen molar-refractivity contribution in [1.82, 2.24) is 4.98 Å². The van der Waals surface area contributed by atoms with E-state index in [-0.39, 0.29) is 23.8 Å². The number of ether oxygens (including phenoxy) is 1. The molecule has 0 aliphatic heterocycles. The number of primary amides is 2. The molecule has 0 spiro atoms. The molecule has 0 bridgehead atoms. The van der Waals surface area contributed by atoms with Crippen molar-refractivity contribution in [1.29, 1.82) is 0 Å². The molecule has 3 rings (SSSR count). The Bertz CT molecular complexity index is 1080. The van der Waals surface area contributed by atoms with E-state index in [9.17, 15) is 18.8 Å². The first-order chi connectivity index (χ1) is 13.8. The maximum absolute atomic E-state index is 13.0. The first kappa shape index (κ1) is 19.6. The number of benzene rings is 2. The van der Waals surface area contributed by atoms with Crippen LogP contribution in [-0.4, -0.2) is 29.3 Å². The molecule has 0 saturated heterocycles. The van der Waals surface area contributed by atoms with E-state index in [0.29, 0.717) is 22.6 Å². The Kier molecular flexibility index (Phi) is 5.59. The van der Waals surface area contributed by atoms with Gasteiger partial charge in [-0.3, -0.25) is 14.9 Å². The molecule has 8 nitrogen and oxygen atoms in total. The summed E-state index contributed by atoms with van der Waals surface area (Å²) in [5.41, 5.74) is 11.8. The maximum Gasteiger partial charge on any atom is 0.317 e. The van der Waals surface area contributed by atoms with E-state index < -0.39 is 17.8 Å². The van der Waals surface area contributed by atoms with Crippen LogP contribution in [0.15, 0.2) is 54.6 Å². The second-order valence-corrected chi connectivity index (χ2v) is 6.04. The van der Waals surface area contributed by atoms with Gasteiger partial charge in [0.05, 0.1) is 11.3 Å². The quantitative estimate of drug-likeness (QED) is 0.456. The van der Waals surface area contributed by atoms with E-state index in [0.717, 1.165) is 0 Å². The Morgan fingerprint density at radius 2 is 1.72 bits per heavy atom. The number of rotatable bonds is 7. The molecule has 29 heavy (non-hydrogen) atoms. The van der Waals surface area contributed by atoms with Gasteiger partial charge in [0, 0.05) is 11.1 Å². The van der Waals surface area contributed by atoms with Crippen LogP contribution in [0.3, 0.4) is 0 Å². The van der Waals surface area contributed by atoms with Gasteiger partial charge in [-0.05, 0) is 42.5 Å². The van der Waals surface area contributed by atoms with E-state index in [1.54, 1.807) is 24.3 Å². The molecule has 0 aliphatic rings. The first-order valence-corrected chi connectivity index (χ1v) is 8.45. The summed E-state index contributed by atoms with van der Waals surface area (Å²) < 4.78 is 18.6. The molecule has 0 saturated carbocycles. The van der Waals surface area contributed by atoms with E-state index in [2.05, 4.69) is 10.3 Å². The number of anilines is 1. The number of carbonyl (C=O) groups excluding carboxylic acids is 3. The topological polar surface area (TPSA) is 140 Å². The number of Topliss-reactive ketones (excluding diaryl/α,β-unsaturated/α-hetero) is 1. The lowest BCUT2D eigenvalue weighted by Crippen LogP contribution is -2.22. The fraction of sp³-hybridized carbons (Fsp3) is 0.0500. The Morgan fingerprint density at radius 1 is 1.03 bits per heavy atom. The molecular formula is C20H17FN4O4. The van der Waals surface area contributed by atoms with Crippen molar-refractivity contribution in [2.75, 3.05) is 11.9 Å². The number of amides is 3. The molecule has 3 aromatic rings. The number of hydrogen-bond acceptors (Lipinski definition) is 4. The second kappa shape index (κ2) is 8.26. The Balaban J connectivity index is 1.85. The second-order valence-electron chi connectivity index (χ2n) is 6.04. The fourth-order valence-electron chi connectivity index (χ4n) is 2.69. The van der Waals surface area contributed by atoms with E-state index in [1.807, 2.05) is 0 Å². The summed E-state index contributed by atoms with van der Waals surface area (Å²) in [5, 5.41) is 2.30. The molecule has 0 atom stereocenters. The number of nitrogens with two attached hydrogens (primary N) is 2. The van der Waals surface area contributed by atoms with E-state index in [1.165, 1.54) is 30.3 Å². The molecule has 6 N–H and O–H groups in total. The molecule has 0 radical (unpaired) electrons. The monoisotopic (exact) mass is 396 g/mol. The third kappa shape index (κ3) is 4.59. The molecule has 3 amide bonds. The predicted molar refractivity (Wildman–Crippen MR) is 104 cm³/mol. The van der Waals surface area contributed by atoms with Crippen molar-refractivity contribution in [2.24, 2.45) is 11.5 Å². The zero-order valence-corrected chi connectivity index (χ0v) is 15.1. The van der Waals surface area contributed by atoms with Crippen molar-refractivity contribution in [2.45, 2.75) is 0 Å². The van der Waals surface area contributed by atoms with E-state index in [4.69, 9.17) is 16.2 Å². The van der Waals surface area contributed by atoms with Crippen molar-refractivity contribution in [3.63, 3.8) is 0 Å². The minimum Gasteiger partial charge on any atom is -0.485 e. The number of halogens is 1. The van der Waals surface area contributed by atoms with Gasteiger partial charge in [-0.25, -0.2) is 9.18 Å². The SMILES string of the molecule is NC(=O)Nc1[nH]c(-c2ccccc2OCC(=O)c2ccc(F)cc2)cc1C(N)=O. The average molecular weight is 396 g/mol. The van der Waals surface area contributed by atoms with Crippen LogP contribution in [0.2, 0.25) is 0 Å². The lowest BCUT2D eigenvalue weighted by atomic mass is 10.1. The Hall–Kier alpha value is -4.14. The van der Waals surface area contributed by atoms with Gasteiger partial charge in [0.25, 0.3) is 5.91 Å². The predicted octanol–water partition coefficient (Wildman–Crippen LogP) is 2.67. The summed E-state index contributed by atoms with van der Waals surface area (Å²) in [4.78, 5) is 37.9. The molecule has 9 heteroatoms. The standard InChI is InChI=1S/C20H17FN4O4/c21-12-7-5-11(6-8-12)16(26)10-29-17-4-2-1-3-13(17)15-9-14(18(22)27)19(24-15)25-20(23)28/h1-9,24H,10H2,(H2,22,27)(H3,23,25,28). The van der Waals surface area contributed by atoms with Gasteiger partial charge in [-0.1, -0.05) is 12.1 Å². The maximum atomic E-state index is 13.0. The molecular weight excluding hydrogens is 379 g/mol.